The lowest BCUT2D eigenvalue weighted by atomic mass is 10.3. The van der Waals surface area contributed by atoms with Gasteiger partial charge in [0.1, 0.15) is 0 Å². The molecule has 1 radical (unpaired) electrons. The van der Waals surface area contributed by atoms with E-state index in [4.69, 9.17) is 5.73 Å². The van der Waals surface area contributed by atoms with Gasteiger partial charge in [0.2, 0.25) is 0 Å². The van der Waals surface area contributed by atoms with Crippen LogP contribution in [0.5, 0.6) is 0 Å². The molecule has 0 aliphatic carbocycles. The van der Waals surface area contributed by atoms with E-state index in [1.165, 1.54) is 4.90 Å². The molecule has 0 fully saturated rings. The average molecular weight is 164 g/mol. The molecule has 0 aliphatic heterocycles. The Morgan fingerprint density at radius 2 is 2.42 bits per heavy atom. The summed E-state index contributed by atoms with van der Waals surface area (Å²) in [5.41, 5.74) is 7.58. The van der Waals surface area contributed by atoms with Crippen LogP contribution in [0.3, 0.4) is 0 Å². The molecule has 0 unspecified atom stereocenters. The van der Waals surface area contributed by atoms with Crippen LogP contribution >= 0.6 is 0 Å². The van der Waals surface area contributed by atoms with Gasteiger partial charge in [-0.3, -0.25) is 4.98 Å². The van der Waals surface area contributed by atoms with Crippen molar-refractivity contribution in [2.24, 2.45) is 0 Å². The number of pyridine rings is 1. The lowest BCUT2D eigenvalue weighted by molar-refractivity contribution is 0.214. The third kappa shape index (κ3) is 2.23. The molecular weight excluding hydrogens is 154 g/mol. The number of rotatable bonds is 2. The van der Waals surface area contributed by atoms with Crippen molar-refractivity contribution in [3.05, 3.63) is 30.1 Å². The van der Waals surface area contributed by atoms with Crippen molar-refractivity contribution in [3.8, 4) is 0 Å². The molecule has 63 valence electrons. The summed E-state index contributed by atoms with van der Waals surface area (Å²) in [5, 5.41) is 0. The first-order chi connectivity index (χ1) is 5.70. The third-order valence-corrected chi connectivity index (χ3v) is 1.47. The highest BCUT2D eigenvalue weighted by Gasteiger charge is 2.04. The Labute approximate surface area is 71.0 Å². The van der Waals surface area contributed by atoms with Gasteiger partial charge in [0.05, 0.1) is 12.2 Å². The molecule has 1 aromatic heterocycles. The maximum absolute atomic E-state index is 10.5. The molecule has 0 bridgehead atoms. The minimum atomic E-state index is -0.694. The van der Waals surface area contributed by atoms with E-state index in [1.807, 2.05) is 18.2 Å². The van der Waals surface area contributed by atoms with E-state index in [0.29, 0.717) is 6.54 Å². The van der Waals surface area contributed by atoms with Gasteiger partial charge in [0.15, 0.2) is 0 Å². The van der Waals surface area contributed by atoms with Crippen molar-refractivity contribution in [2.75, 3.05) is 7.05 Å². The fraction of sp³-hybridized carbons (Fsp3) is 0.250. The first kappa shape index (κ1) is 8.52. The molecule has 1 rings (SSSR count). The molecule has 0 spiro atoms. The van der Waals surface area contributed by atoms with Gasteiger partial charge in [0.25, 0.3) is 0 Å². The molecule has 0 aliphatic rings. The van der Waals surface area contributed by atoms with Gasteiger partial charge in [-0.05, 0) is 12.1 Å². The van der Waals surface area contributed by atoms with Gasteiger partial charge < -0.3 is 4.90 Å². The normalized spacial score (nSPS) is 9.42. The zero-order valence-electron chi connectivity index (χ0n) is 6.82. The van der Waals surface area contributed by atoms with Crippen LogP contribution in [0.1, 0.15) is 5.69 Å². The van der Waals surface area contributed by atoms with E-state index in [2.05, 4.69) is 4.98 Å². The van der Waals surface area contributed by atoms with Crippen molar-refractivity contribution in [1.29, 1.82) is 0 Å². The highest BCUT2D eigenvalue weighted by molar-refractivity contribution is 5.70. The topological polar surface area (TPSA) is 57.0 Å². The van der Waals surface area contributed by atoms with E-state index in [-0.39, 0.29) is 0 Å². The van der Waals surface area contributed by atoms with Gasteiger partial charge in [-0.25, -0.2) is 10.5 Å². The van der Waals surface area contributed by atoms with E-state index in [0.717, 1.165) is 5.69 Å². The number of carbonyl (C=O) groups excluding carboxylic acids is 1. The number of urea groups is 1. The van der Waals surface area contributed by atoms with Crippen molar-refractivity contribution in [3.63, 3.8) is 0 Å². The third-order valence-electron chi connectivity index (χ3n) is 1.47. The number of hydrogen-bond donors (Lipinski definition) is 0. The number of nitrogens with zero attached hydrogens (tertiary/aromatic N) is 2. The molecule has 0 atom stereocenters. The van der Waals surface area contributed by atoms with Crippen LogP contribution in [0.2, 0.25) is 0 Å². The lowest BCUT2D eigenvalue weighted by Crippen LogP contribution is -2.25. The zero-order chi connectivity index (χ0) is 8.97. The Bertz CT molecular complexity index is 260. The molecule has 4 nitrogen and oxygen atoms in total. The molecule has 0 saturated carbocycles. The van der Waals surface area contributed by atoms with Crippen LogP contribution in [-0.4, -0.2) is 23.0 Å². The minimum absolute atomic E-state index is 0.392. The SMILES string of the molecule is CN(Cc1ccccn1)C([NH])=O. The van der Waals surface area contributed by atoms with E-state index in [9.17, 15) is 4.79 Å². The molecule has 1 N–H and O–H groups in total. The number of hydrogen-bond acceptors (Lipinski definition) is 2. The molecule has 4 heteroatoms. The van der Waals surface area contributed by atoms with Gasteiger partial charge in [-0.2, -0.15) is 0 Å². The Morgan fingerprint density at radius 3 is 2.92 bits per heavy atom. The van der Waals surface area contributed by atoms with Crippen molar-refractivity contribution in [1.82, 2.24) is 15.6 Å². The first-order valence-corrected chi connectivity index (χ1v) is 3.57. The van der Waals surface area contributed by atoms with Crippen LogP contribution in [0.4, 0.5) is 4.79 Å². The number of amides is 2. The van der Waals surface area contributed by atoms with Crippen molar-refractivity contribution >= 4 is 6.03 Å². The second-order valence-corrected chi connectivity index (χ2v) is 2.48. The second-order valence-electron chi connectivity index (χ2n) is 2.48. The molecule has 1 heterocycles. The zero-order valence-corrected chi connectivity index (χ0v) is 6.82. The van der Waals surface area contributed by atoms with E-state index >= 15 is 0 Å². The van der Waals surface area contributed by atoms with Gasteiger partial charge in [-0.15, -0.1) is 0 Å². The summed E-state index contributed by atoms with van der Waals surface area (Å²) in [6.07, 6.45) is 1.66. The summed E-state index contributed by atoms with van der Waals surface area (Å²) in [4.78, 5) is 15.8. The summed E-state index contributed by atoms with van der Waals surface area (Å²) < 4.78 is 0. The van der Waals surface area contributed by atoms with Crippen molar-refractivity contribution < 1.29 is 4.79 Å². The summed E-state index contributed by atoms with van der Waals surface area (Å²) >= 11 is 0. The number of nitrogens with one attached hydrogen (secondary N) is 1. The van der Waals surface area contributed by atoms with E-state index in [1.54, 1.807) is 13.2 Å². The quantitative estimate of drug-likeness (QED) is 0.652. The fourth-order valence-electron chi connectivity index (χ4n) is 0.806. The number of aromatic nitrogens is 1. The highest BCUT2D eigenvalue weighted by atomic mass is 16.2. The smallest absolute Gasteiger partial charge is 0.321 e. The standard InChI is InChI=1S/C8H10N3O/c1-11(8(9)12)6-7-4-2-3-5-10-7/h2-5,9H,6H2,1H3. The maximum atomic E-state index is 10.5. The number of carbonyl (C=O) groups is 1. The van der Waals surface area contributed by atoms with E-state index < -0.39 is 6.03 Å². The Balaban J connectivity index is 2.58. The van der Waals surface area contributed by atoms with Crippen LogP contribution in [0, 0.1) is 0 Å². The predicted molar refractivity (Wildman–Crippen MR) is 44.2 cm³/mol. The molecule has 0 aromatic carbocycles. The lowest BCUT2D eigenvalue weighted by Gasteiger charge is -2.11. The monoisotopic (exact) mass is 164 g/mol. The maximum Gasteiger partial charge on any atom is 0.336 e. The van der Waals surface area contributed by atoms with Crippen LogP contribution < -0.4 is 5.73 Å². The van der Waals surface area contributed by atoms with Crippen LogP contribution in [0.25, 0.3) is 0 Å². The van der Waals surface area contributed by atoms with Crippen LogP contribution in [0.15, 0.2) is 24.4 Å². The van der Waals surface area contributed by atoms with Crippen molar-refractivity contribution in [2.45, 2.75) is 6.54 Å². The van der Waals surface area contributed by atoms with Crippen LogP contribution in [-0.2, 0) is 6.54 Å². The summed E-state index contributed by atoms with van der Waals surface area (Å²) in [6.45, 7) is 0.392. The summed E-state index contributed by atoms with van der Waals surface area (Å²) in [5.74, 6) is 0. The second kappa shape index (κ2) is 3.71. The van der Waals surface area contributed by atoms with Gasteiger partial charge >= 0.3 is 6.03 Å². The first-order valence-electron chi connectivity index (χ1n) is 3.57. The summed E-state index contributed by atoms with van der Waals surface area (Å²) in [6, 6.07) is 4.79. The fourth-order valence-corrected chi connectivity index (χ4v) is 0.806. The predicted octanol–water partition coefficient (Wildman–Crippen LogP) is 0.916. The van der Waals surface area contributed by atoms with Gasteiger partial charge in [0, 0.05) is 13.2 Å². The van der Waals surface area contributed by atoms with Gasteiger partial charge in [-0.1, -0.05) is 6.07 Å². The molecule has 12 heavy (non-hydrogen) atoms. The highest BCUT2D eigenvalue weighted by Crippen LogP contribution is 1.97. The average Bonchev–Trinajstić information content (AvgIpc) is 2.06. The molecule has 2 amide bonds. The summed E-state index contributed by atoms with van der Waals surface area (Å²) in [7, 11) is 1.57. The molecule has 0 saturated heterocycles. The Hall–Kier alpha value is -1.58. The minimum Gasteiger partial charge on any atom is -0.321 e. The molecule has 1 aromatic rings. The molecular formula is C8H10N3O. The Morgan fingerprint density at radius 1 is 1.67 bits per heavy atom. The Kier molecular flexibility index (Phi) is 2.63. The largest absolute Gasteiger partial charge is 0.336 e.